The Balaban J connectivity index is 3.24. The van der Waals surface area contributed by atoms with E-state index in [2.05, 4.69) is 0 Å². The van der Waals surface area contributed by atoms with Gasteiger partial charge in [0.2, 0.25) is 0 Å². The molecule has 2 N–H and O–H groups in total. The van der Waals surface area contributed by atoms with Crippen LogP contribution in [0.4, 0.5) is 0 Å². The van der Waals surface area contributed by atoms with E-state index in [9.17, 15) is 15.0 Å². The Morgan fingerprint density at radius 1 is 1.44 bits per heavy atom. The summed E-state index contributed by atoms with van der Waals surface area (Å²) < 4.78 is 0. The van der Waals surface area contributed by atoms with Gasteiger partial charge in [-0.25, -0.2) is 0 Å². The van der Waals surface area contributed by atoms with Gasteiger partial charge < -0.3 is 10.2 Å². The zero-order valence-electron chi connectivity index (χ0n) is 10.3. The van der Waals surface area contributed by atoms with Crippen molar-refractivity contribution in [1.29, 1.82) is 0 Å². The van der Waals surface area contributed by atoms with Crippen LogP contribution in [0.1, 0.15) is 32.3 Å². The lowest BCUT2D eigenvalue weighted by Crippen LogP contribution is -2.37. The van der Waals surface area contributed by atoms with E-state index < -0.39 is 17.5 Å². The molecule has 0 saturated heterocycles. The lowest BCUT2D eigenvalue weighted by Gasteiger charge is -2.31. The van der Waals surface area contributed by atoms with Gasteiger partial charge in [-0.3, -0.25) is 4.79 Å². The first-order valence-corrected chi connectivity index (χ1v) is 6.47. The molecule has 0 aliphatic carbocycles. The molecule has 0 aliphatic rings. The number of hydrogen-bond donors (Lipinski definition) is 2. The van der Waals surface area contributed by atoms with E-state index in [0.717, 1.165) is 0 Å². The largest absolute Gasteiger partial charge is 0.481 e. The molecule has 3 nitrogen and oxygen atoms in total. The first kappa shape index (κ1) is 15.3. The van der Waals surface area contributed by atoms with Gasteiger partial charge in [0.1, 0.15) is 5.60 Å². The molecule has 0 amide bonds. The van der Waals surface area contributed by atoms with Crippen molar-refractivity contribution < 1.29 is 15.0 Å². The molecule has 0 radical (unpaired) electrons. The first-order chi connectivity index (χ1) is 8.30. The van der Waals surface area contributed by atoms with Gasteiger partial charge in [-0.05, 0) is 31.5 Å². The summed E-state index contributed by atoms with van der Waals surface area (Å²) in [7, 11) is 0. The standard InChI is InChI=1S/C13H16Cl2O3/c1-3-4-9(12(16)17)13(2,18)10-7-8(14)5-6-11(10)15/h5-7,9,18H,3-4H2,1-2H3,(H,16,17). The average Bonchev–Trinajstić information content (AvgIpc) is 2.28. The van der Waals surface area contributed by atoms with Gasteiger partial charge in [0, 0.05) is 15.6 Å². The fraction of sp³-hybridized carbons (Fsp3) is 0.462. The molecule has 2 atom stereocenters. The normalized spacial score (nSPS) is 16.1. The molecule has 1 aromatic rings. The van der Waals surface area contributed by atoms with Gasteiger partial charge in [0.15, 0.2) is 0 Å². The molecule has 0 heterocycles. The van der Waals surface area contributed by atoms with Gasteiger partial charge in [-0.15, -0.1) is 0 Å². The van der Waals surface area contributed by atoms with Crippen molar-refractivity contribution in [2.45, 2.75) is 32.3 Å². The highest BCUT2D eigenvalue weighted by Gasteiger charge is 2.39. The minimum absolute atomic E-state index is 0.312. The van der Waals surface area contributed by atoms with Crippen molar-refractivity contribution in [2.75, 3.05) is 0 Å². The molecule has 5 heteroatoms. The molecular weight excluding hydrogens is 275 g/mol. The number of rotatable bonds is 5. The maximum absolute atomic E-state index is 11.3. The molecule has 1 rings (SSSR count). The van der Waals surface area contributed by atoms with Crippen LogP contribution in [0.25, 0.3) is 0 Å². The van der Waals surface area contributed by atoms with Crippen LogP contribution in [0.3, 0.4) is 0 Å². The fourth-order valence-electron chi connectivity index (χ4n) is 2.01. The van der Waals surface area contributed by atoms with E-state index in [-0.39, 0.29) is 0 Å². The zero-order valence-corrected chi connectivity index (χ0v) is 11.8. The minimum atomic E-state index is -1.55. The van der Waals surface area contributed by atoms with Crippen LogP contribution >= 0.6 is 23.2 Å². The average molecular weight is 291 g/mol. The summed E-state index contributed by atoms with van der Waals surface area (Å²) in [6.07, 6.45) is 1.02. The number of carboxylic acids is 1. The van der Waals surface area contributed by atoms with Gasteiger partial charge in [0.05, 0.1) is 5.92 Å². The lowest BCUT2D eigenvalue weighted by atomic mass is 9.80. The summed E-state index contributed by atoms with van der Waals surface area (Å²) in [6.45, 7) is 3.32. The Morgan fingerprint density at radius 3 is 2.56 bits per heavy atom. The van der Waals surface area contributed by atoms with E-state index >= 15 is 0 Å². The van der Waals surface area contributed by atoms with Crippen molar-refractivity contribution in [3.8, 4) is 0 Å². The molecule has 0 spiro atoms. The van der Waals surface area contributed by atoms with Crippen molar-refractivity contribution in [2.24, 2.45) is 5.92 Å². The van der Waals surface area contributed by atoms with Crippen molar-refractivity contribution in [3.05, 3.63) is 33.8 Å². The van der Waals surface area contributed by atoms with E-state index in [4.69, 9.17) is 23.2 Å². The number of benzene rings is 1. The predicted molar refractivity (Wildman–Crippen MR) is 72.1 cm³/mol. The highest BCUT2D eigenvalue weighted by Crippen LogP contribution is 2.37. The highest BCUT2D eigenvalue weighted by atomic mass is 35.5. The predicted octanol–water partition coefficient (Wildman–Crippen LogP) is 3.70. The summed E-state index contributed by atoms with van der Waals surface area (Å²) >= 11 is 11.9. The maximum Gasteiger partial charge on any atom is 0.309 e. The molecule has 0 aliphatic heterocycles. The Morgan fingerprint density at radius 2 is 2.06 bits per heavy atom. The lowest BCUT2D eigenvalue weighted by molar-refractivity contribution is -0.152. The summed E-state index contributed by atoms with van der Waals surface area (Å²) in [5.41, 5.74) is -1.21. The molecule has 18 heavy (non-hydrogen) atoms. The van der Waals surface area contributed by atoms with Gasteiger partial charge in [-0.1, -0.05) is 36.5 Å². The van der Waals surface area contributed by atoms with Gasteiger partial charge >= 0.3 is 5.97 Å². The summed E-state index contributed by atoms with van der Waals surface area (Å²) in [5.74, 6) is -1.96. The van der Waals surface area contributed by atoms with Gasteiger partial charge in [0.25, 0.3) is 0 Å². The number of aliphatic carboxylic acids is 1. The summed E-state index contributed by atoms with van der Waals surface area (Å²) in [4.78, 5) is 11.3. The van der Waals surface area contributed by atoms with E-state index in [1.54, 1.807) is 12.1 Å². The van der Waals surface area contributed by atoms with Crippen LogP contribution in [0.5, 0.6) is 0 Å². The fourth-order valence-corrected chi connectivity index (χ4v) is 2.49. The van der Waals surface area contributed by atoms with E-state index in [1.807, 2.05) is 6.92 Å². The molecule has 0 bridgehead atoms. The number of hydrogen-bond acceptors (Lipinski definition) is 2. The summed E-state index contributed by atoms with van der Waals surface area (Å²) in [5, 5.41) is 20.5. The molecule has 100 valence electrons. The Hall–Kier alpha value is -0.770. The third kappa shape index (κ3) is 3.16. The van der Waals surface area contributed by atoms with Crippen LogP contribution in [0.15, 0.2) is 18.2 Å². The molecule has 1 aromatic carbocycles. The smallest absolute Gasteiger partial charge is 0.309 e. The minimum Gasteiger partial charge on any atom is -0.481 e. The maximum atomic E-state index is 11.3. The van der Waals surface area contributed by atoms with Crippen molar-refractivity contribution in [3.63, 3.8) is 0 Å². The third-order valence-electron chi connectivity index (χ3n) is 3.03. The molecular formula is C13H16Cl2O3. The third-order valence-corrected chi connectivity index (χ3v) is 3.59. The number of halogens is 2. The van der Waals surface area contributed by atoms with E-state index in [0.29, 0.717) is 28.5 Å². The monoisotopic (exact) mass is 290 g/mol. The summed E-state index contributed by atoms with van der Waals surface area (Å²) in [6, 6.07) is 4.66. The number of carbonyl (C=O) groups is 1. The second kappa shape index (κ2) is 5.91. The van der Waals surface area contributed by atoms with Crippen LogP contribution < -0.4 is 0 Å². The molecule has 0 aromatic heterocycles. The second-order valence-electron chi connectivity index (χ2n) is 4.45. The second-order valence-corrected chi connectivity index (χ2v) is 5.29. The highest BCUT2D eigenvalue weighted by molar-refractivity contribution is 6.33. The molecule has 0 fully saturated rings. The topological polar surface area (TPSA) is 57.5 Å². The van der Waals surface area contributed by atoms with Gasteiger partial charge in [-0.2, -0.15) is 0 Å². The van der Waals surface area contributed by atoms with Crippen LogP contribution in [-0.2, 0) is 10.4 Å². The zero-order chi connectivity index (χ0) is 13.9. The van der Waals surface area contributed by atoms with Crippen molar-refractivity contribution >= 4 is 29.2 Å². The van der Waals surface area contributed by atoms with Crippen LogP contribution in [0, 0.1) is 5.92 Å². The van der Waals surface area contributed by atoms with Crippen LogP contribution in [0.2, 0.25) is 10.0 Å². The Bertz CT molecular complexity index is 444. The molecule has 2 unspecified atom stereocenters. The quantitative estimate of drug-likeness (QED) is 0.869. The number of carboxylic acid groups (broad SMARTS) is 1. The Kier molecular flexibility index (Phi) is 5.02. The molecule has 0 saturated carbocycles. The van der Waals surface area contributed by atoms with E-state index in [1.165, 1.54) is 13.0 Å². The number of aliphatic hydroxyl groups is 1. The first-order valence-electron chi connectivity index (χ1n) is 5.71. The van der Waals surface area contributed by atoms with Crippen molar-refractivity contribution in [1.82, 2.24) is 0 Å². The Labute approximate surface area is 116 Å². The SMILES string of the molecule is CCCC(C(=O)O)C(C)(O)c1cc(Cl)ccc1Cl. The van der Waals surface area contributed by atoms with Crippen LogP contribution in [-0.4, -0.2) is 16.2 Å².